The van der Waals surface area contributed by atoms with Crippen LogP contribution in [0.4, 0.5) is 0 Å². The van der Waals surface area contributed by atoms with Gasteiger partial charge in [-0.15, -0.1) is 0 Å². The highest BCUT2D eigenvalue weighted by atomic mass is 127. The van der Waals surface area contributed by atoms with Crippen molar-refractivity contribution < 1.29 is 19.0 Å². The predicted molar refractivity (Wildman–Crippen MR) is 158 cm³/mol. The first-order valence-electron chi connectivity index (χ1n) is 12.5. The summed E-state index contributed by atoms with van der Waals surface area (Å²) in [6.07, 6.45) is 1.83. The summed E-state index contributed by atoms with van der Waals surface area (Å²) in [6.45, 7) is 12.1. The first kappa shape index (κ1) is 28.1. The molecule has 3 aromatic rings. The Hall–Kier alpha value is -2.92. The molecule has 0 aliphatic carbocycles. The molecule has 7 nitrogen and oxygen atoms in total. The number of halogens is 1. The van der Waals surface area contributed by atoms with E-state index in [2.05, 4.69) is 27.6 Å². The van der Waals surface area contributed by atoms with Crippen LogP contribution < -0.4 is 24.4 Å². The summed E-state index contributed by atoms with van der Waals surface area (Å²) in [5.74, 6) is 0.852. The van der Waals surface area contributed by atoms with Gasteiger partial charge >= 0.3 is 5.97 Å². The second-order valence-electron chi connectivity index (χ2n) is 9.14. The minimum absolute atomic E-state index is 0.00382. The molecule has 0 bridgehead atoms. The number of carbonyl (C=O) groups excluding carboxylic acids is 1. The molecule has 2 aromatic carbocycles. The topological polar surface area (TPSA) is 79.1 Å². The summed E-state index contributed by atoms with van der Waals surface area (Å²) in [4.78, 5) is 32.1. The highest BCUT2D eigenvalue weighted by Gasteiger charge is 2.33. The average molecular weight is 647 g/mol. The molecule has 1 aliphatic rings. The fourth-order valence-corrected chi connectivity index (χ4v) is 6.09. The zero-order chi connectivity index (χ0) is 27.6. The van der Waals surface area contributed by atoms with Crippen LogP contribution in [0.1, 0.15) is 57.4 Å². The minimum atomic E-state index is -0.631. The maximum Gasteiger partial charge on any atom is 0.338 e. The monoisotopic (exact) mass is 646 g/mol. The molecule has 0 saturated heterocycles. The van der Waals surface area contributed by atoms with E-state index in [9.17, 15) is 9.59 Å². The van der Waals surface area contributed by atoms with Crippen molar-refractivity contribution in [2.24, 2.45) is 4.99 Å². The van der Waals surface area contributed by atoms with Gasteiger partial charge in [-0.05, 0) is 93.5 Å². The third-order valence-corrected chi connectivity index (χ3v) is 7.68. The Bertz CT molecular complexity index is 1570. The van der Waals surface area contributed by atoms with Gasteiger partial charge in [-0.25, -0.2) is 9.79 Å². The summed E-state index contributed by atoms with van der Waals surface area (Å²) < 4.78 is 20.2. The van der Waals surface area contributed by atoms with Crippen LogP contribution in [0.25, 0.3) is 6.08 Å². The smallest absolute Gasteiger partial charge is 0.338 e. The number of ether oxygens (including phenoxy) is 3. The molecule has 0 N–H and O–H groups in total. The zero-order valence-electron chi connectivity index (χ0n) is 22.3. The molecule has 0 fully saturated rings. The number of rotatable bonds is 8. The van der Waals surface area contributed by atoms with Crippen LogP contribution in [0.3, 0.4) is 0 Å². The molecule has 1 aromatic heterocycles. The highest BCUT2D eigenvalue weighted by molar-refractivity contribution is 14.1. The van der Waals surface area contributed by atoms with Crippen LogP contribution in [0.5, 0.6) is 11.5 Å². The van der Waals surface area contributed by atoms with Gasteiger partial charge in [0.25, 0.3) is 5.56 Å². The average Bonchev–Trinajstić information content (AvgIpc) is 3.15. The molecule has 0 amide bonds. The summed E-state index contributed by atoms with van der Waals surface area (Å²) in [5.41, 5.74) is 3.42. The quantitative estimate of drug-likeness (QED) is 0.257. The Morgan fingerprint density at radius 2 is 1.87 bits per heavy atom. The second kappa shape index (κ2) is 11.9. The van der Waals surface area contributed by atoms with Crippen LogP contribution in [0.2, 0.25) is 0 Å². The Morgan fingerprint density at radius 1 is 1.16 bits per heavy atom. The van der Waals surface area contributed by atoms with E-state index in [1.807, 2.05) is 70.2 Å². The Kier molecular flexibility index (Phi) is 8.77. The largest absolute Gasteiger partial charge is 0.490 e. The molecular formula is C29H31IN2O5S. The normalized spacial score (nSPS) is 15.4. The van der Waals surface area contributed by atoms with Crippen LogP contribution in [-0.2, 0) is 9.53 Å². The maximum atomic E-state index is 13.9. The fraction of sp³-hybridized carbons (Fsp3) is 0.345. The summed E-state index contributed by atoms with van der Waals surface area (Å²) in [5, 5.41) is 0. The number of carbonyl (C=O) groups is 1. The Labute approximate surface area is 239 Å². The molecule has 2 heterocycles. The molecule has 1 aliphatic heterocycles. The van der Waals surface area contributed by atoms with Crippen molar-refractivity contribution >= 4 is 46.0 Å². The van der Waals surface area contributed by atoms with Gasteiger partial charge in [0.2, 0.25) is 0 Å². The van der Waals surface area contributed by atoms with Crippen LogP contribution in [-0.4, -0.2) is 29.9 Å². The van der Waals surface area contributed by atoms with E-state index < -0.39 is 12.0 Å². The summed E-state index contributed by atoms with van der Waals surface area (Å²) in [6, 6.07) is 11.1. The van der Waals surface area contributed by atoms with Crippen LogP contribution >= 0.6 is 33.9 Å². The first-order chi connectivity index (χ1) is 18.1. The fourth-order valence-electron chi connectivity index (χ4n) is 4.29. The summed E-state index contributed by atoms with van der Waals surface area (Å²) >= 11 is 3.52. The van der Waals surface area contributed by atoms with Crippen molar-refractivity contribution in [1.29, 1.82) is 0 Å². The number of hydrogen-bond acceptors (Lipinski definition) is 7. The number of aryl methyl sites for hydroxylation is 1. The number of benzene rings is 2. The minimum Gasteiger partial charge on any atom is -0.490 e. The zero-order valence-corrected chi connectivity index (χ0v) is 25.3. The van der Waals surface area contributed by atoms with Gasteiger partial charge in [0.05, 0.1) is 44.7 Å². The van der Waals surface area contributed by atoms with Gasteiger partial charge < -0.3 is 14.2 Å². The number of thiazole rings is 1. The number of hydrogen-bond donors (Lipinski definition) is 0. The van der Waals surface area contributed by atoms with Crippen LogP contribution in [0, 0.1) is 10.5 Å². The van der Waals surface area contributed by atoms with E-state index in [0.29, 0.717) is 38.7 Å². The maximum absolute atomic E-state index is 13.9. The van der Waals surface area contributed by atoms with E-state index >= 15 is 0 Å². The highest BCUT2D eigenvalue weighted by Crippen LogP contribution is 2.35. The van der Waals surface area contributed by atoms with E-state index in [0.717, 1.165) is 20.3 Å². The molecule has 38 heavy (non-hydrogen) atoms. The van der Waals surface area contributed by atoms with Gasteiger partial charge in [-0.3, -0.25) is 9.36 Å². The number of nitrogens with zero attached hydrogens (tertiary/aromatic N) is 2. The SMILES string of the molecule is CCOC(=O)C1=C(C)N=c2s/c(=C\c3cc(I)c(OC(C)C)c(OCC)c3)c(=O)n2C1c1ccc(C)cc1. The summed E-state index contributed by atoms with van der Waals surface area (Å²) in [7, 11) is 0. The standard InChI is InChI=1S/C29H31IN2O5S/c1-7-35-22-14-19(13-21(30)26(22)37-16(3)4)15-23-27(33)32-25(20-11-9-17(5)10-12-20)24(28(34)36-8-2)18(6)31-29(32)38-23/h9-16,25H,7-8H2,1-6H3/b23-15-. The number of allylic oxidation sites excluding steroid dienone is 1. The van der Waals surface area contributed by atoms with Crippen LogP contribution in [0.15, 0.2) is 57.5 Å². The van der Waals surface area contributed by atoms with E-state index in [-0.39, 0.29) is 18.3 Å². The van der Waals surface area contributed by atoms with Gasteiger partial charge in [0, 0.05) is 0 Å². The lowest BCUT2D eigenvalue weighted by atomic mass is 9.95. The third kappa shape index (κ3) is 5.73. The number of fused-ring (bicyclic) bond motifs is 1. The lowest BCUT2D eigenvalue weighted by Gasteiger charge is -2.24. The molecule has 0 spiro atoms. The molecule has 1 atom stereocenters. The first-order valence-corrected chi connectivity index (χ1v) is 14.4. The second-order valence-corrected chi connectivity index (χ2v) is 11.3. The Balaban J connectivity index is 1.90. The molecule has 4 rings (SSSR count). The van der Waals surface area contributed by atoms with Crippen molar-refractivity contribution in [3.8, 4) is 11.5 Å². The number of esters is 1. The van der Waals surface area contributed by atoms with E-state index in [4.69, 9.17) is 14.2 Å². The van der Waals surface area contributed by atoms with Crippen molar-refractivity contribution in [3.05, 3.63) is 87.6 Å². The van der Waals surface area contributed by atoms with Gasteiger partial charge in [-0.1, -0.05) is 41.2 Å². The third-order valence-electron chi connectivity index (χ3n) is 5.89. The van der Waals surface area contributed by atoms with Gasteiger partial charge in [0.15, 0.2) is 16.3 Å². The van der Waals surface area contributed by atoms with Gasteiger partial charge in [-0.2, -0.15) is 0 Å². The molecule has 1 unspecified atom stereocenters. The Morgan fingerprint density at radius 3 is 2.50 bits per heavy atom. The van der Waals surface area contributed by atoms with Crippen molar-refractivity contribution in [1.82, 2.24) is 4.57 Å². The van der Waals surface area contributed by atoms with Crippen molar-refractivity contribution in [3.63, 3.8) is 0 Å². The van der Waals surface area contributed by atoms with E-state index in [1.165, 1.54) is 11.3 Å². The van der Waals surface area contributed by atoms with E-state index in [1.54, 1.807) is 18.4 Å². The molecule has 200 valence electrons. The lowest BCUT2D eigenvalue weighted by molar-refractivity contribution is -0.139. The van der Waals surface area contributed by atoms with Crippen molar-refractivity contribution in [2.75, 3.05) is 13.2 Å². The molecule has 0 saturated carbocycles. The molecule has 9 heteroatoms. The number of aromatic nitrogens is 1. The molecular weight excluding hydrogens is 615 g/mol. The van der Waals surface area contributed by atoms with Gasteiger partial charge in [0.1, 0.15) is 0 Å². The van der Waals surface area contributed by atoms with Crippen molar-refractivity contribution in [2.45, 2.75) is 53.7 Å². The lowest BCUT2D eigenvalue weighted by Crippen LogP contribution is -2.39. The predicted octanol–water partition coefficient (Wildman–Crippen LogP) is 4.90. The molecule has 0 radical (unpaired) electrons.